The van der Waals surface area contributed by atoms with Gasteiger partial charge in [-0.2, -0.15) is 0 Å². The van der Waals surface area contributed by atoms with Crippen LogP contribution in [0.4, 0.5) is 0 Å². The van der Waals surface area contributed by atoms with Crippen molar-refractivity contribution in [2.24, 2.45) is 0 Å². The van der Waals surface area contributed by atoms with E-state index in [1.807, 2.05) is 30.5 Å². The number of nitrogens with zero attached hydrogens (tertiary/aromatic N) is 5. The van der Waals surface area contributed by atoms with Crippen molar-refractivity contribution in [3.8, 4) is 79.1 Å². The third kappa shape index (κ3) is 10.8. The van der Waals surface area contributed by atoms with Crippen LogP contribution in [-0.2, 0) is 41.8 Å². The van der Waals surface area contributed by atoms with Crippen molar-refractivity contribution < 1.29 is 20.1 Å². The smallest absolute Gasteiger partial charge is 0.161 e. The van der Waals surface area contributed by atoms with Gasteiger partial charge in [0.25, 0.3) is 0 Å². The molecule has 331 valence electrons. The molecule has 0 bridgehead atoms. The maximum absolute atomic E-state index is 5.12. The summed E-state index contributed by atoms with van der Waals surface area (Å²) in [5, 5.41) is 0. The molecule has 5 nitrogen and oxygen atoms in total. The molecule has 5 aromatic carbocycles. The topological polar surface area (TPSA) is 64.5 Å². The second-order valence-electron chi connectivity index (χ2n) is 21.2. The van der Waals surface area contributed by atoms with Crippen LogP contribution in [0.3, 0.4) is 0 Å². The molecule has 0 fully saturated rings. The number of pyridine rings is 1. The SMILES string of the molecule is CC(C)(C)c1ccc(-c2cc(-c3ccc(C(C)(C)C)cc3)nc(-c3c[c-]c(-c4ccc(-c5nc(-c6ccc(C(C)(C)C)cc6)cc(-c6ccc(C(C)(C)C)cc6)n5)cn4)cc3)n2)cc1.[Ir]. The van der Waals surface area contributed by atoms with Gasteiger partial charge in [0.2, 0.25) is 0 Å². The van der Waals surface area contributed by atoms with Crippen LogP contribution in [0.2, 0.25) is 0 Å². The van der Waals surface area contributed by atoms with Crippen molar-refractivity contribution in [2.45, 2.75) is 105 Å². The summed E-state index contributed by atoms with van der Waals surface area (Å²) in [6.07, 6.45) is 1.86. The molecule has 8 rings (SSSR count). The summed E-state index contributed by atoms with van der Waals surface area (Å²) in [4.78, 5) is 25.4. The predicted molar refractivity (Wildman–Crippen MR) is 267 cm³/mol. The van der Waals surface area contributed by atoms with Gasteiger partial charge in [-0.1, -0.05) is 198 Å². The molecule has 65 heavy (non-hydrogen) atoms. The van der Waals surface area contributed by atoms with Crippen molar-refractivity contribution in [2.75, 3.05) is 0 Å². The first-order valence-corrected chi connectivity index (χ1v) is 22.4. The van der Waals surface area contributed by atoms with Crippen LogP contribution in [0.15, 0.2) is 146 Å². The second kappa shape index (κ2) is 18.1. The third-order valence-electron chi connectivity index (χ3n) is 12.0. The van der Waals surface area contributed by atoms with Crippen LogP contribution in [0.5, 0.6) is 0 Å². The average molecular weight is 1030 g/mol. The Hall–Kier alpha value is -5.94. The first kappa shape index (κ1) is 47.0. The van der Waals surface area contributed by atoms with Crippen LogP contribution in [-0.4, -0.2) is 24.9 Å². The van der Waals surface area contributed by atoms with Gasteiger partial charge in [0.1, 0.15) is 5.82 Å². The molecule has 0 saturated heterocycles. The van der Waals surface area contributed by atoms with E-state index >= 15 is 0 Å². The van der Waals surface area contributed by atoms with Crippen LogP contribution in [0.1, 0.15) is 105 Å². The molecule has 0 atom stereocenters. The monoisotopic (exact) mass is 1030 g/mol. The molecular weight excluding hydrogens is 971 g/mol. The van der Waals surface area contributed by atoms with E-state index in [1.165, 1.54) is 22.3 Å². The van der Waals surface area contributed by atoms with Gasteiger partial charge < -0.3 is 4.98 Å². The van der Waals surface area contributed by atoms with Crippen LogP contribution in [0.25, 0.3) is 79.1 Å². The zero-order valence-electron chi connectivity index (χ0n) is 39.9. The number of benzene rings is 5. The molecule has 1 radical (unpaired) electrons. The van der Waals surface area contributed by atoms with Gasteiger partial charge in [-0.3, -0.25) is 0 Å². The maximum atomic E-state index is 5.12. The van der Waals surface area contributed by atoms with E-state index in [-0.39, 0.29) is 41.8 Å². The molecule has 0 unspecified atom stereocenters. The Morgan fingerprint density at radius 2 is 0.615 bits per heavy atom. The molecule has 0 aliphatic rings. The minimum atomic E-state index is 0. The van der Waals surface area contributed by atoms with Crippen molar-refractivity contribution >= 4 is 0 Å². The van der Waals surface area contributed by atoms with Gasteiger partial charge in [0.05, 0.1) is 22.8 Å². The summed E-state index contributed by atoms with van der Waals surface area (Å²) < 4.78 is 0. The Labute approximate surface area is 400 Å². The van der Waals surface area contributed by atoms with Crippen LogP contribution in [0, 0.1) is 6.07 Å². The zero-order valence-corrected chi connectivity index (χ0v) is 42.3. The average Bonchev–Trinajstić information content (AvgIpc) is 3.28. The number of hydrogen-bond donors (Lipinski definition) is 0. The van der Waals surface area contributed by atoms with Crippen molar-refractivity contribution in [3.05, 3.63) is 174 Å². The molecule has 0 aliphatic heterocycles. The van der Waals surface area contributed by atoms with Crippen LogP contribution < -0.4 is 0 Å². The number of aromatic nitrogens is 5. The predicted octanol–water partition coefficient (Wildman–Crippen LogP) is 15.3. The number of hydrogen-bond acceptors (Lipinski definition) is 5. The minimum absolute atomic E-state index is 0. The van der Waals surface area contributed by atoms with E-state index in [1.54, 1.807) is 0 Å². The zero-order chi connectivity index (χ0) is 45.6. The Morgan fingerprint density at radius 3 is 0.877 bits per heavy atom. The Bertz CT molecular complexity index is 2530. The molecule has 8 aromatic rings. The first-order chi connectivity index (χ1) is 30.2. The molecule has 0 N–H and O–H groups in total. The number of rotatable bonds is 7. The van der Waals surface area contributed by atoms with Gasteiger partial charge in [0.15, 0.2) is 5.82 Å². The third-order valence-corrected chi connectivity index (χ3v) is 12.0. The normalized spacial score (nSPS) is 12.2. The fraction of sp³-hybridized carbons (Fsp3) is 0.271. The Morgan fingerprint density at radius 1 is 0.323 bits per heavy atom. The second-order valence-corrected chi connectivity index (χ2v) is 21.2. The molecule has 0 amide bonds. The Kier molecular flexibility index (Phi) is 13.1. The van der Waals surface area contributed by atoms with E-state index < -0.39 is 0 Å². The molecule has 0 spiro atoms. The molecule has 3 heterocycles. The Balaban J connectivity index is 0.00000630. The van der Waals surface area contributed by atoms with E-state index in [4.69, 9.17) is 24.9 Å². The quantitative estimate of drug-likeness (QED) is 0.149. The van der Waals surface area contributed by atoms with Gasteiger partial charge in [-0.05, 0) is 61.7 Å². The fourth-order valence-corrected chi connectivity index (χ4v) is 7.72. The summed E-state index contributed by atoms with van der Waals surface area (Å²) in [6.45, 7) is 26.8. The first-order valence-electron chi connectivity index (χ1n) is 22.4. The summed E-state index contributed by atoms with van der Waals surface area (Å²) in [5.41, 5.74) is 16.4. The summed E-state index contributed by atoms with van der Waals surface area (Å²) in [6, 6.07) is 52.8. The summed E-state index contributed by atoms with van der Waals surface area (Å²) >= 11 is 0. The van der Waals surface area contributed by atoms with Crippen molar-refractivity contribution in [3.63, 3.8) is 0 Å². The summed E-state index contributed by atoms with van der Waals surface area (Å²) in [7, 11) is 0. The van der Waals surface area contributed by atoms with Crippen molar-refractivity contribution in [1.29, 1.82) is 0 Å². The maximum Gasteiger partial charge on any atom is 0.161 e. The summed E-state index contributed by atoms with van der Waals surface area (Å²) in [5.74, 6) is 1.27. The van der Waals surface area contributed by atoms with Gasteiger partial charge in [-0.25, -0.2) is 19.9 Å². The molecule has 3 aromatic heterocycles. The van der Waals surface area contributed by atoms with Gasteiger partial charge >= 0.3 is 0 Å². The van der Waals surface area contributed by atoms with Crippen molar-refractivity contribution in [1.82, 2.24) is 24.9 Å². The molecule has 0 saturated carbocycles. The van der Waals surface area contributed by atoms with E-state index in [0.29, 0.717) is 11.6 Å². The van der Waals surface area contributed by atoms with E-state index in [2.05, 4.69) is 204 Å². The van der Waals surface area contributed by atoms with Gasteiger partial charge in [-0.15, -0.1) is 29.8 Å². The molecule has 6 heteroatoms. The van der Waals surface area contributed by atoms with Crippen LogP contribution >= 0.6 is 0 Å². The van der Waals surface area contributed by atoms with E-state index in [9.17, 15) is 0 Å². The largest absolute Gasteiger partial charge is 0.304 e. The molecule has 0 aliphatic carbocycles. The molecular formula is C59H60IrN5-. The standard InChI is InChI=1S/C59H60N5.Ir/c1-56(2,3)45-26-17-39(18-27-45)50-35-51(40-19-28-46(29-20-40)57(4,5)6)62-54(61-50)43-15-13-38(14-16-43)49-34-25-44(37-60-49)55-63-52(41-21-30-47(31-22-41)58(7,8)9)36-53(64-55)42-23-32-48(33-24-42)59(10,11)12;/h13,15-37H,1-12H3;/q-1;. The van der Waals surface area contributed by atoms with E-state index in [0.717, 1.165) is 67.4 Å². The van der Waals surface area contributed by atoms with Gasteiger partial charge in [0, 0.05) is 54.1 Å². The minimum Gasteiger partial charge on any atom is -0.304 e. The fourth-order valence-electron chi connectivity index (χ4n) is 7.72.